The highest BCUT2D eigenvalue weighted by Gasteiger charge is 2.60. The first-order valence-electron chi connectivity index (χ1n) is 7.42. The zero-order chi connectivity index (χ0) is 15.3. The van der Waals surface area contributed by atoms with Gasteiger partial charge in [-0.3, -0.25) is 0 Å². The number of benzene rings is 1. The number of thioether (sulfide) groups is 1. The molecule has 0 aliphatic carbocycles. The number of hydrogen-bond acceptors (Lipinski definition) is 6. The first kappa shape index (κ1) is 14.5. The molecule has 0 bridgehead atoms. The van der Waals surface area contributed by atoms with Crippen molar-refractivity contribution < 1.29 is 23.7 Å². The maximum Gasteiger partial charge on any atom is 0.338 e. The molecule has 1 aromatic rings. The summed E-state index contributed by atoms with van der Waals surface area (Å²) in [6, 6.07) is 8.98. The molecule has 0 unspecified atom stereocenters. The molecule has 3 aliphatic heterocycles. The highest BCUT2D eigenvalue weighted by atomic mass is 32.2. The summed E-state index contributed by atoms with van der Waals surface area (Å²) < 4.78 is 23.3. The third-order valence-corrected chi connectivity index (χ3v) is 4.99. The second-order valence-electron chi connectivity index (χ2n) is 6.18. The van der Waals surface area contributed by atoms with Crippen LogP contribution in [-0.2, 0) is 18.9 Å². The van der Waals surface area contributed by atoms with Gasteiger partial charge in [0.15, 0.2) is 24.3 Å². The summed E-state index contributed by atoms with van der Waals surface area (Å²) in [4.78, 5) is 12.4. The van der Waals surface area contributed by atoms with Gasteiger partial charge >= 0.3 is 5.97 Å². The van der Waals surface area contributed by atoms with E-state index < -0.39 is 18.2 Å². The van der Waals surface area contributed by atoms with E-state index in [-0.39, 0.29) is 18.2 Å². The van der Waals surface area contributed by atoms with Crippen molar-refractivity contribution in [2.24, 2.45) is 0 Å². The molecule has 22 heavy (non-hydrogen) atoms. The molecule has 4 rings (SSSR count). The number of carbonyl (C=O) groups is 1. The number of hydrogen-bond donors (Lipinski definition) is 0. The summed E-state index contributed by atoms with van der Waals surface area (Å²) in [5, 5.41) is 0.356. The van der Waals surface area contributed by atoms with Crippen LogP contribution in [0.4, 0.5) is 0 Å². The molecule has 0 aromatic heterocycles. The standard InChI is InChI=1S/C16H18O5S/c1-16(2)20-13-12(11(10-8-22-10)19-15(13)21-16)18-14(17)9-6-4-3-5-7-9/h3-7,10-13,15H,8H2,1-2H3/t10-,11-,12-,13-,15-/m1/s1. The fraction of sp³-hybridized carbons (Fsp3) is 0.562. The summed E-state index contributed by atoms with van der Waals surface area (Å²) in [5.41, 5.74) is 0.534. The molecule has 5 atom stereocenters. The Kier molecular flexibility index (Phi) is 3.45. The molecule has 0 radical (unpaired) electrons. The Balaban J connectivity index is 1.53. The first-order valence-corrected chi connectivity index (χ1v) is 8.47. The Morgan fingerprint density at radius 3 is 2.64 bits per heavy atom. The molecule has 3 heterocycles. The van der Waals surface area contributed by atoms with Crippen molar-refractivity contribution in [3.63, 3.8) is 0 Å². The number of rotatable bonds is 3. The minimum atomic E-state index is -0.714. The molecule has 3 aliphatic rings. The summed E-state index contributed by atoms with van der Waals surface area (Å²) >= 11 is 1.80. The fourth-order valence-electron chi connectivity index (χ4n) is 2.95. The van der Waals surface area contributed by atoms with E-state index in [9.17, 15) is 4.79 Å². The molecule has 0 amide bonds. The van der Waals surface area contributed by atoms with Crippen LogP contribution in [0, 0.1) is 0 Å². The minimum Gasteiger partial charge on any atom is -0.453 e. The lowest BCUT2D eigenvalue weighted by Gasteiger charge is -2.25. The van der Waals surface area contributed by atoms with E-state index in [0.29, 0.717) is 10.8 Å². The summed E-state index contributed by atoms with van der Waals surface area (Å²) in [6.07, 6.45) is -1.42. The van der Waals surface area contributed by atoms with Crippen LogP contribution in [0.3, 0.4) is 0 Å². The average molecular weight is 322 g/mol. The van der Waals surface area contributed by atoms with Gasteiger partial charge < -0.3 is 18.9 Å². The van der Waals surface area contributed by atoms with Crippen LogP contribution in [-0.4, -0.2) is 47.4 Å². The first-order chi connectivity index (χ1) is 10.5. The van der Waals surface area contributed by atoms with E-state index in [1.807, 2.05) is 32.0 Å². The minimum absolute atomic E-state index is 0.163. The molecule has 3 fully saturated rings. The molecule has 0 saturated carbocycles. The maximum atomic E-state index is 12.4. The van der Waals surface area contributed by atoms with Crippen LogP contribution < -0.4 is 0 Å². The predicted molar refractivity (Wildman–Crippen MR) is 80.6 cm³/mol. The van der Waals surface area contributed by atoms with Crippen LogP contribution in [0.15, 0.2) is 30.3 Å². The zero-order valence-corrected chi connectivity index (χ0v) is 13.2. The van der Waals surface area contributed by atoms with Crippen LogP contribution in [0.25, 0.3) is 0 Å². The van der Waals surface area contributed by atoms with E-state index >= 15 is 0 Å². The van der Waals surface area contributed by atoms with E-state index in [0.717, 1.165) is 5.75 Å². The summed E-state index contributed by atoms with van der Waals surface area (Å²) in [7, 11) is 0. The van der Waals surface area contributed by atoms with Gasteiger partial charge in [0.2, 0.25) is 0 Å². The monoisotopic (exact) mass is 322 g/mol. The van der Waals surface area contributed by atoms with Gasteiger partial charge in [-0.2, -0.15) is 11.8 Å². The Morgan fingerprint density at radius 2 is 1.95 bits per heavy atom. The highest BCUT2D eigenvalue weighted by Crippen LogP contribution is 2.46. The Morgan fingerprint density at radius 1 is 1.23 bits per heavy atom. The lowest BCUT2D eigenvalue weighted by molar-refractivity contribution is -0.213. The van der Waals surface area contributed by atoms with Gasteiger partial charge in [-0.05, 0) is 26.0 Å². The van der Waals surface area contributed by atoms with Crippen molar-refractivity contribution in [1.82, 2.24) is 0 Å². The van der Waals surface area contributed by atoms with Gasteiger partial charge in [0, 0.05) is 11.0 Å². The SMILES string of the molecule is CC1(C)O[C@H]2O[C@H]([C@H]3CS3)[C@@H](OC(=O)c3ccccc3)[C@H]2O1. The summed E-state index contributed by atoms with van der Waals surface area (Å²) in [5.74, 6) is -0.0415. The smallest absolute Gasteiger partial charge is 0.338 e. The second-order valence-corrected chi connectivity index (χ2v) is 7.45. The molecule has 3 saturated heterocycles. The van der Waals surface area contributed by atoms with Gasteiger partial charge in [0.05, 0.1) is 5.56 Å². The van der Waals surface area contributed by atoms with Crippen LogP contribution in [0.2, 0.25) is 0 Å². The lowest BCUT2D eigenvalue weighted by Crippen LogP contribution is -2.40. The molecular weight excluding hydrogens is 304 g/mol. The number of ether oxygens (including phenoxy) is 4. The molecule has 118 valence electrons. The fourth-order valence-corrected chi connectivity index (χ4v) is 3.66. The topological polar surface area (TPSA) is 54.0 Å². The van der Waals surface area contributed by atoms with Crippen LogP contribution >= 0.6 is 11.8 Å². The van der Waals surface area contributed by atoms with E-state index in [1.165, 1.54) is 0 Å². The summed E-state index contributed by atoms with van der Waals surface area (Å²) in [6.45, 7) is 3.68. The van der Waals surface area contributed by atoms with Crippen LogP contribution in [0.5, 0.6) is 0 Å². The lowest BCUT2D eigenvalue weighted by atomic mass is 10.1. The van der Waals surface area contributed by atoms with Gasteiger partial charge in [-0.15, -0.1) is 0 Å². The average Bonchev–Trinajstić information content (AvgIpc) is 3.22. The normalized spacial score (nSPS) is 38.5. The number of esters is 1. The van der Waals surface area contributed by atoms with Gasteiger partial charge in [-0.25, -0.2) is 4.79 Å². The third kappa shape index (κ3) is 2.65. The predicted octanol–water partition coefficient (Wildman–Crippen LogP) is 2.20. The quantitative estimate of drug-likeness (QED) is 0.628. The molecule has 5 nitrogen and oxygen atoms in total. The Bertz CT molecular complexity index is 571. The van der Waals surface area contributed by atoms with Gasteiger partial charge in [-0.1, -0.05) is 18.2 Å². The highest BCUT2D eigenvalue weighted by molar-refractivity contribution is 8.06. The van der Waals surface area contributed by atoms with E-state index in [1.54, 1.807) is 23.9 Å². The van der Waals surface area contributed by atoms with Crippen molar-refractivity contribution in [2.75, 3.05) is 5.75 Å². The van der Waals surface area contributed by atoms with E-state index in [2.05, 4.69) is 0 Å². The van der Waals surface area contributed by atoms with Crippen molar-refractivity contribution >= 4 is 17.7 Å². The molecule has 0 spiro atoms. The zero-order valence-electron chi connectivity index (χ0n) is 12.4. The van der Waals surface area contributed by atoms with Crippen molar-refractivity contribution in [1.29, 1.82) is 0 Å². The van der Waals surface area contributed by atoms with Gasteiger partial charge in [0.1, 0.15) is 6.10 Å². The Hall–Kier alpha value is -1.08. The molecule has 0 N–H and O–H groups in total. The van der Waals surface area contributed by atoms with Crippen molar-refractivity contribution in [3.8, 4) is 0 Å². The van der Waals surface area contributed by atoms with Crippen molar-refractivity contribution in [2.45, 2.75) is 49.5 Å². The number of carbonyl (C=O) groups excluding carboxylic acids is 1. The van der Waals surface area contributed by atoms with Crippen LogP contribution in [0.1, 0.15) is 24.2 Å². The molecule has 6 heteroatoms. The number of fused-ring (bicyclic) bond motifs is 1. The maximum absolute atomic E-state index is 12.4. The largest absolute Gasteiger partial charge is 0.453 e. The third-order valence-electron chi connectivity index (χ3n) is 4.01. The van der Waals surface area contributed by atoms with E-state index in [4.69, 9.17) is 18.9 Å². The Labute approximate surface area is 133 Å². The van der Waals surface area contributed by atoms with Crippen molar-refractivity contribution in [3.05, 3.63) is 35.9 Å². The molecular formula is C16H18O5S. The van der Waals surface area contributed by atoms with Gasteiger partial charge in [0.25, 0.3) is 0 Å². The second kappa shape index (κ2) is 5.23. The molecule has 1 aromatic carbocycles.